The fourth-order valence-electron chi connectivity index (χ4n) is 4.11. The number of aryl methyl sites for hydroxylation is 1. The molecule has 3 aromatic rings. The molecule has 0 bridgehead atoms. The molecule has 1 N–H and O–H groups in total. The molecular formula is C30H36BrN3O4S. The van der Waals surface area contributed by atoms with Crippen LogP contribution >= 0.6 is 15.9 Å². The zero-order chi connectivity index (χ0) is 28.6. The Bertz CT molecular complexity index is 1350. The fourth-order valence-corrected chi connectivity index (χ4v) is 5.22. The van der Waals surface area contributed by atoms with Crippen LogP contribution in [-0.2, 0) is 32.6 Å². The summed E-state index contributed by atoms with van der Waals surface area (Å²) < 4.78 is 27.5. The van der Waals surface area contributed by atoms with Crippen LogP contribution in [0.15, 0.2) is 83.3 Å². The third-order valence-corrected chi connectivity index (χ3v) is 8.21. The van der Waals surface area contributed by atoms with Crippen molar-refractivity contribution in [1.82, 2.24) is 10.2 Å². The molecule has 0 aromatic heterocycles. The van der Waals surface area contributed by atoms with E-state index < -0.39 is 28.5 Å². The number of benzene rings is 3. The van der Waals surface area contributed by atoms with E-state index in [0.717, 1.165) is 38.1 Å². The SMILES string of the molecule is CC[C@H](C)NC(=O)[C@@H](Cc1ccccc1)N(Cc1ccc(C)cc1)C(=O)CN(c1ccc(Br)cc1)S(C)(=O)=O. The Labute approximate surface area is 240 Å². The number of amides is 2. The quantitative estimate of drug-likeness (QED) is 0.309. The molecule has 0 fully saturated rings. The second kappa shape index (κ2) is 13.8. The standard InChI is InChI=1S/C30H36BrN3O4S/c1-5-23(3)32-30(36)28(19-24-9-7-6-8-10-24)33(20-25-13-11-22(2)12-14-25)29(35)21-34(39(4,37)38)27-17-15-26(31)16-18-27/h6-18,23,28H,5,19-21H2,1-4H3,(H,32,36)/t23-,28+/m0/s1. The Kier molecular flexibility index (Phi) is 10.7. The van der Waals surface area contributed by atoms with Gasteiger partial charge in [0.15, 0.2) is 0 Å². The Hall–Kier alpha value is -3.17. The van der Waals surface area contributed by atoms with Gasteiger partial charge in [0.2, 0.25) is 21.8 Å². The van der Waals surface area contributed by atoms with Crippen molar-refractivity contribution < 1.29 is 18.0 Å². The van der Waals surface area contributed by atoms with Crippen LogP contribution in [0.5, 0.6) is 0 Å². The molecule has 0 unspecified atom stereocenters. The Morgan fingerprint density at radius 3 is 2.10 bits per heavy atom. The summed E-state index contributed by atoms with van der Waals surface area (Å²) in [6, 6.07) is 23.1. The molecule has 0 aliphatic rings. The molecule has 9 heteroatoms. The summed E-state index contributed by atoms with van der Waals surface area (Å²) in [5.41, 5.74) is 3.19. The summed E-state index contributed by atoms with van der Waals surface area (Å²) in [5, 5.41) is 3.03. The zero-order valence-corrected chi connectivity index (χ0v) is 25.2. The first-order valence-electron chi connectivity index (χ1n) is 12.9. The molecule has 2 amide bonds. The molecule has 208 valence electrons. The summed E-state index contributed by atoms with van der Waals surface area (Å²) in [6.45, 7) is 5.60. The molecule has 3 aromatic carbocycles. The normalized spacial score (nSPS) is 12.8. The van der Waals surface area contributed by atoms with E-state index in [1.165, 1.54) is 4.90 Å². The van der Waals surface area contributed by atoms with E-state index in [-0.39, 0.29) is 24.9 Å². The van der Waals surface area contributed by atoms with Crippen LogP contribution < -0.4 is 9.62 Å². The predicted molar refractivity (Wildman–Crippen MR) is 160 cm³/mol. The monoisotopic (exact) mass is 613 g/mol. The minimum absolute atomic E-state index is 0.0811. The molecule has 0 radical (unpaired) electrons. The van der Waals surface area contributed by atoms with Gasteiger partial charge in [-0.1, -0.05) is 83.0 Å². The summed E-state index contributed by atoms with van der Waals surface area (Å²) in [6.07, 6.45) is 2.10. The van der Waals surface area contributed by atoms with Crippen molar-refractivity contribution in [2.45, 2.75) is 52.2 Å². The molecule has 2 atom stereocenters. The van der Waals surface area contributed by atoms with Crippen LogP contribution in [0, 0.1) is 6.92 Å². The van der Waals surface area contributed by atoms with Gasteiger partial charge in [0, 0.05) is 23.5 Å². The van der Waals surface area contributed by atoms with Gasteiger partial charge < -0.3 is 10.2 Å². The number of sulfonamides is 1. The molecule has 0 aliphatic carbocycles. The molecule has 3 rings (SSSR count). The van der Waals surface area contributed by atoms with Gasteiger partial charge in [0.1, 0.15) is 12.6 Å². The third-order valence-electron chi connectivity index (χ3n) is 6.54. The van der Waals surface area contributed by atoms with E-state index in [0.29, 0.717) is 5.69 Å². The number of halogens is 1. The third kappa shape index (κ3) is 8.93. The van der Waals surface area contributed by atoms with Gasteiger partial charge >= 0.3 is 0 Å². The highest BCUT2D eigenvalue weighted by Gasteiger charge is 2.33. The molecule has 0 saturated heterocycles. The van der Waals surface area contributed by atoms with Crippen LogP contribution in [0.1, 0.15) is 37.0 Å². The summed E-state index contributed by atoms with van der Waals surface area (Å²) in [5.74, 6) is -0.743. The number of rotatable bonds is 12. The summed E-state index contributed by atoms with van der Waals surface area (Å²) in [4.78, 5) is 29.2. The first kappa shape index (κ1) is 30.4. The Balaban J connectivity index is 2.04. The zero-order valence-electron chi connectivity index (χ0n) is 22.8. The van der Waals surface area contributed by atoms with Crippen molar-refractivity contribution in [2.24, 2.45) is 0 Å². The van der Waals surface area contributed by atoms with Crippen LogP contribution in [-0.4, -0.2) is 50.0 Å². The lowest BCUT2D eigenvalue weighted by molar-refractivity contribution is -0.140. The van der Waals surface area contributed by atoms with Crippen LogP contribution in [0.4, 0.5) is 5.69 Å². The van der Waals surface area contributed by atoms with E-state index >= 15 is 0 Å². The Morgan fingerprint density at radius 1 is 0.923 bits per heavy atom. The second-order valence-corrected chi connectivity index (χ2v) is 12.6. The first-order chi connectivity index (χ1) is 18.5. The van der Waals surface area contributed by atoms with Crippen LogP contribution in [0.3, 0.4) is 0 Å². The van der Waals surface area contributed by atoms with Crippen molar-refractivity contribution in [3.63, 3.8) is 0 Å². The lowest BCUT2D eigenvalue weighted by atomic mass is 10.0. The van der Waals surface area contributed by atoms with Gasteiger partial charge in [-0.25, -0.2) is 8.42 Å². The number of carbonyl (C=O) groups is 2. The molecule has 0 spiro atoms. The van der Waals surface area contributed by atoms with Gasteiger partial charge in [-0.15, -0.1) is 0 Å². The van der Waals surface area contributed by atoms with Crippen molar-refractivity contribution in [2.75, 3.05) is 17.1 Å². The average molecular weight is 615 g/mol. The summed E-state index contributed by atoms with van der Waals surface area (Å²) >= 11 is 3.37. The van der Waals surface area contributed by atoms with E-state index in [1.807, 2.05) is 75.4 Å². The van der Waals surface area contributed by atoms with Crippen molar-refractivity contribution in [3.05, 3.63) is 100 Å². The lowest BCUT2D eigenvalue weighted by Crippen LogP contribution is -2.54. The van der Waals surface area contributed by atoms with Gasteiger partial charge in [-0.3, -0.25) is 13.9 Å². The second-order valence-electron chi connectivity index (χ2n) is 9.78. The van der Waals surface area contributed by atoms with Gasteiger partial charge in [-0.2, -0.15) is 0 Å². The lowest BCUT2D eigenvalue weighted by Gasteiger charge is -2.34. The number of hydrogen-bond acceptors (Lipinski definition) is 4. The largest absolute Gasteiger partial charge is 0.352 e. The molecular weight excluding hydrogens is 578 g/mol. The number of nitrogens with zero attached hydrogens (tertiary/aromatic N) is 2. The van der Waals surface area contributed by atoms with E-state index in [2.05, 4.69) is 21.2 Å². The Morgan fingerprint density at radius 2 is 1.54 bits per heavy atom. The average Bonchev–Trinajstić information content (AvgIpc) is 2.90. The molecule has 0 aliphatic heterocycles. The smallest absolute Gasteiger partial charge is 0.244 e. The predicted octanol–water partition coefficient (Wildman–Crippen LogP) is 5.08. The number of carbonyl (C=O) groups excluding carboxylic acids is 2. The number of anilines is 1. The van der Waals surface area contributed by atoms with Gasteiger partial charge in [0.05, 0.1) is 11.9 Å². The van der Waals surface area contributed by atoms with Gasteiger partial charge in [0.25, 0.3) is 0 Å². The maximum Gasteiger partial charge on any atom is 0.244 e. The van der Waals surface area contributed by atoms with E-state index in [1.54, 1.807) is 24.3 Å². The highest BCUT2D eigenvalue weighted by molar-refractivity contribution is 9.10. The minimum atomic E-state index is -3.80. The van der Waals surface area contributed by atoms with Crippen LogP contribution in [0.2, 0.25) is 0 Å². The highest BCUT2D eigenvalue weighted by atomic mass is 79.9. The first-order valence-corrected chi connectivity index (χ1v) is 15.5. The summed E-state index contributed by atoms with van der Waals surface area (Å²) in [7, 11) is -3.80. The molecule has 39 heavy (non-hydrogen) atoms. The minimum Gasteiger partial charge on any atom is -0.352 e. The maximum absolute atomic E-state index is 14.0. The van der Waals surface area contributed by atoms with Gasteiger partial charge in [-0.05, 0) is 55.7 Å². The number of hydrogen-bond donors (Lipinski definition) is 1. The van der Waals surface area contributed by atoms with Crippen molar-refractivity contribution in [3.8, 4) is 0 Å². The van der Waals surface area contributed by atoms with Crippen LogP contribution in [0.25, 0.3) is 0 Å². The maximum atomic E-state index is 14.0. The van der Waals surface area contributed by atoms with E-state index in [9.17, 15) is 18.0 Å². The molecule has 0 saturated carbocycles. The van der Waals surface area contributed by atoms with E-state index in [4.69, 9.17) is 0 Å². The highest BCUT2D eigenvalue weighted by Crippen LogP contribution is 2.22. The topological polar surface area (TPSA) is 86.8 Å². The molecule has 7 nitrogen and oxygen atoms in total. The van der Waals surface area contributed by atoms with Crippen molar-refractivity contribution in [1.29, 1.82) is 0 Å². The molecule has 0 heterocycles. The fraction of sp³-hybridized carbons (Fsp3) is 0.333. The number of nitrogens with one attached hydrogen (secondary N) is 1. The van der Waals surface area contributed by atoms with Crippen molar-refractivity contribution >= 4 is 43.5 Å².